The number of allylic oxidation sites excluding steroid dienone is 3. The average Bonchev–Trinajstić information content (AvgIpc) is 3.28. The van der Waals surface area contributed by atoms with Crippen LogP contribution in [0.1, 0.15) is 32.3 Å². The van der Waals surface area contributed by atoms with Crippen LogP contribution in [0.15, 0.2) is 58.0 Å². The van der Waals surface area contributed by atoms with Gasteiger partial charge in [-0.3, -0.25) is 4.79 Å². The fourth-order valence-electron chi connectivity index (χ4n) is 4.29. The molecule has 9 heteroatoms. The van der Waals surface area contributed by atoms with E-state index in [4.69, 9.17) is 5.73 Å². The van der Waals surface area contributed by atoms with Crippen LogP contribution >= 0.6 is 10.9 Å². The van der Waals surface area contributed by atoms with Crippen molar-refractivity contribution < 1.29 is 18.0 Å². The Kier molecular flexibility index (Phi) is 6.52. The van der Waals surface area contributed by atoms with Crippen molar-refractivity contribution in [1.82, 2.24) is 9.97 Å². The molecule has 0 bridgehead atoms. The van der Waals surface area contributed by atoms with Crippen molar-refractivity contribution in [3.05, 3.63) is 58.6 Å². The first-order chi connectivity index (χ1) is 15.6. The van der Waals surface area contributed by atoms with Crippen molar-refractivity contribution >= 4 is 22.6 Å². The highest BCUT2D eigenvalue weighted by Crippen LogP contribution is 2.55. The molecule has 1 unspecified atom stereocenters. The lowest BCUT2D eigenvalue weighted by molar-refractivity contribution is -0.139. The highest BCUT2D eigenvalue weighted by Gasteiger charge is 2.36. The number of aromatic nitrogens is 2. The SMILES string of the molecule is CC(C)C1=CC=C[SH]1c1ccc(-c2cc(N3CCC(C(N)=O)CC3)ncn2)cc1C(F)(F)F. The molecular weight excluding hydrogens is 449 g/mol. The minimum atomic E-state index is -4.47. The third-order valence-corrected chi connectivity index (χ3v) is 8.70. The number of nitrogens with zero attached hydrogens (tertiary/aromatic N) is 3. The Morgan fingerprint density at radius 3 is 2.55 bits per heavy atom. The number of nitrogens with two attached hydrogens (primary N) is 1. The fourth-order valence-corrected chi connectivity index (χ4v) is 6.65. The topological polar surface area (TPSA) is 72.1 Å². The molecule has 1 saturated heterocycles. The molecule has 1 atom stereocenters. The summed E-state index contributed by atoms with van der Waals surface area (Å²) in [6.45, 7) is 5.23. The molecule has 1 aromatic carbocycles. The number of hydrogen-bond donors (Lipinski definition) is 2. The van der Waals surface area contributed by atoms with Gasteiger partial charge in [-0.25, -0.2) is 9.97 Å². The molecule has 0 radical (unpaired) electrons. The zero-order chi connectivity index (χ0) is 23.8. The Balaban J connectivity index is 1.65. The van der Waals surface area contributed by atoms with Crippen LogP contribution in [0.25, 0.3) is 11.3 Å². The van der Waals surface area contributed by atoms with Gasteiger partial charge in [0.05, 0.1) is 11.3 Å². The van der Waals surface area contributed by atoms with E-state index in [-0.39, 0.29) is 17.7 Å². The maximum Gasteiger partial charge on any atom is 0.417 e. The Labute approximate surface area is 193 Å². The zero-order valence-electron chi connectivity index (χ0n) is 18.5. The smallest absolute Gasteiger partial charge is 0.369 e. The molecule has 0 aliphatic carbocycles. The molecule has 2 aliphatic heterocycles. The van der Waals surface area contributed by atoms with E-state index in [1.54, 1.807) is 18.2 Å². The number of anilines is 1. The summed E-state index contributed by atoms with van der Waals surface area (Å²) in [4.78, 5) is 23.3. The average molecular weight is 477 g/mol. The minimum absolute atomic E-state index is 0.152. The van der Waals surface area contributed by atoms with Gasteiger partial charge in [0.2, 0.25) is 5.91 Å². The molecule has 3 heterocycles. The van der Waals surface area contributed by atoms with E-state index in [0.29, 0.717) is 47.9 Å². The molecule has 1 fully saturated rings. The number of primary amides is 1. The van der Waals surface area contributed by atoms with E-state index in [9.17, 15) is 18.0 Å². The lowest BCUT2D eigenvalue weighted by Crippen LogP contribution is -2.38. The molecular formula is C24H27F3N4OS. The van der Waals surface area contributed by atoms with Crippen LogP contribution in [0.3, 0.4) is 0 Å². The number of alkyl halides is 3. The largest absolute Gasteiger partial charge is 0.417 e. The summed E-state index contributed by atoms with van der Waals surface area (Å²) in [5.74, 6) is 0.358. The summed E-state index contributed by atoms with van der Waals surface area (Å²) in [5, 5.41) is 1.88. The molecule has 1 aromatic heterocycles. The lowest BCUT2D eigenvalue weighted by atomic mass is 9.96. The second kappa shape index (κ2) is 9.21. The minimum Gasteiger partial charge on any atom is -0.369 e. The summed E-state index contributed by atoms with van der Waals surface area (Å²) in [5.41, 5.74) is 5.61. The molecule has 176 valence electrons. The highest BCUT2D eigenvalue weighted by molar-refractivity contribution is 8.23. The number of benzene rings is 1. The van der Waals surface area contributed by atoms with Crippen LogP contribution in [0, 0.1) is 11.8 Å². The lowest BCUT2D eigenvalue weighted by Gasteiger charge is -2.31. The molecule has 4 rings (SSSR count). The molecule has 0 spiro atoms. The number of amides is 1. The van der Waals surface area contributed by atoms with Gasteiger partial charge in [-0.05, 0) is 41.2 Å². The van der Waals surface area contributed by atoms with Gasteiger partial charge < -0.3 is 10.6 Å². The number of carbonyl (C=O) groups excluding carboxylic acids is 1. The molecule has 1 amide bonds. The van der Waals surface area contributed by atoms with Crippen LogP contribution in [-0.2, 0) is 11.0 Å². The number of hydrogen-bond acceptors (Lipinski definition) is 4. The molecule has 5 nitrogen and oxygen atoms in total. The Morgan fingerprint density at radius 2 is 1.91 bits per heavy atom. The van der Waals surface area contributed by atoms with E-state index in [1.807, 2.05) is 36.3 Å². The Morgan fingerprint density at radius 1 is 1.18 bits per heavy atom. The number of halogens is 3. The van der Waals surface area contributed by atoms with Gasteiger partial charge in [0.1, 0.15) is 12.1 Å². The van der Waals surface area contributed by atoms with Crippen molar-refractivity contribution in [2.45, 2.75) is 37.8 Å². The number of rotatable bonds is 5. The van der Waals surface area contributed by atoms with Crippen molar-refractivity contribution in [1.29, 1.82) is 0 Å². The van der Waals surface area contributed by atoms with Crippen LogP contribution < -0.4 is 10.6 Å². The quantitative estimate of drug-likeness (QED) is 0.575. The second-order valence-electron chi connectivity index (χ2n) is 8.61. The van der Waals surface area contributed by atoms with Crippen molar-refractivity contribution in [3.63, 3.8) is 0 Å². The van der Waals surface area contributed by atoms with Gasteiger partial charge in [0.15, 0.2) is 0 Å². The predicted octanol–water partition coefficient (Wildman–Crippen LogP) is 5.29. The molecule has 2 aliphatic rings. The first-order valence-corrected chi connectivity index (χ1v) is 12.3. The third kappa shape index (κ3) is 4.93. The van der Waals surface area contributed by atoms with E-state index < -0.39 is 22.6 Å². The summed E-state index contributed by atoms with van der Waals surface area (Å²) >= 11 is 0. The summed E-state index contributed by atoms with van der Waals surface area (Å²) < 4.78 is 42.3. The standard InChI is InChI=1S/C24H27F3N4OS/c1-15(2)20-4-3-11-33(20)21-6-5-17(12-18(21)24(25,26)27)19-13-22(30-14-29-19)31-9-7-16(8-10-31)23(28)32/h3-6,11-16,33H,7-10H2,1-2H3,(H2,28,32). The van der Waals surface area contributed by atoms with Gasteiger partial charge in [0.25, 0.3) is 0 Å². The maximum atomic E-state index is 14.1. The van der Waals surface area contributed by atoms with Gasteiger partial charge in [-0.1, -0.05) is 32.1 Å². The summed E-state index contributed by atoms with van der Waals surface area (Å²) in [6, 6.07) is 6.21. The van der Waals surface area contributed by atoms with Crippen molar-refractivity contribution in [3.8, 4) is 11.3 Å². The number of carbonyl (C=O) groups is 1. The van der Waals surface area contributed by atoms with E-state index in [2.05, 4.69) is 9.97 Å². The van der Waals surface area contributed by atoms with Crippen molar-refractivity contribution in [2.24, 2.45) is 17.6 Å². The van der Waals surface area contributed by atoms with Crippen LogP contribution in [0.4, 0.5) is 19.0 Å². The molecule has 2 aromatic rings. The predicted molar refractivity (Wildman–Crippen MR) is 126 cm³/mol. The van der Waals surface area contributed by atoms with E-state index in [1.165, 1.54) is 12.4 Å². The maximum absolute atomic E-state index is 14.1. The second-order valence-corrected chi connectivity index (χ2v) is 10.6. The van der Waals surface area contributed by atoms with Gasteiger partial charge >= 0.3 is 6.18 Å². The first kappa shape index (κ1) is 23.4. The number of piperidine rings is 1. The Hall–Kier alpha value is -2.81. The van der Waals surface area contributed by atoms with Gasteiger partial charge in [-0.2, -0.15) is 24.1 Å². The van der Waals surface area contributed by atoms with Crippen molar-refractivity contribution in [2.75, 3.05) is 18.0 Å². The first-order valence-electron chi connectivity index (χ1n) is 10.9. The summed E-state index contributed by atoms with van der Waals surface area (Å²) in [7, 11) is -1.15. The third-order valence-electron chi connectivity index (χ3n) is 6.10. The van der Waals surface area contributed by atoms with Crippen LogP contribution in [0.5, 0.6) is 0 Å². The normalized spacial score (nSPS) is 20.4. The molecule has 2 N–H and O–H groups in total. The van der Waals surface area contributed by atoms with Gasteiger partial charge in [0, 0.05) is 35.5 Å². The summed E-state index contributed by atoms with van der Waals surface area (Å²) in [6.07, 6.45) is 1.94. The molecule has 0 saturated carbocycles. The van der Waals surface area contributed by atoms with Crippen LogP contribution in [0.2, 0.25) is 0 Å². The van der Waals surface area contributed by atoms with Gasteiger partial charge in [-0.15, -0.1) is 0 Å². The fraction of sp³-hybridized carbons (Fsp3) is 0.375. The number of thiol groups is 1. The highest BCUT2D eigenvalue weighted by atomic mass is 32.2. The van der Waals surface area contributed by atoms with Crippen LogP contribution in [-0.4, -0.2) is 29.0 Å². The van der Waals surface area contributed by atoms with E-state index >= 15 is 0 Å². The zero-order valence-corrected chi connectivity index (χ0v) is 19.4. The molecule has 33 heavy (non-hydrogen) atoms. The van der Waals surface area contributed by atoms with E-state index in [0.717, 1.165) is 4.91 Å². The Bertz CT molecular complexity index is 1110. The monoisotopic (exact) mass is 476 g/mol.